The number of nitrogens with one attached hydrogen (secondary N) is 1. The summed E-state index contributed by atoms with van der Waals surface area (Å²) in [5.41, 5.74) is 5.62. The molecular weight excluding hydrogens is 284 g/mol. The van der Waals surface area contributed by atoms with Gasteiger partial charge >= 0.3 is 5.69 Å². The van der Waals surface area contributed by atoms with Crippen LogP contribution >= 0.6 is 0 Å². The molecule has 120 valence electrons. The largest absolute Gasteiger partial charge is 0.382 e. The van der Waals surface area contributed by atoms with Crippen LogP contribution in [-0.2, 0) is 16.6 Å². The van der Waals surface area contributed by atoms with Crippen molar-refractivity contribution in [3.05, 3.63) is 22.2 Å². The van der Waals surface area contributed by atoms with E-state index in [1.165, 1.54) is 10.8 Å². The fourth-order valence-corrected chi connectivity index (χ4v) is 1.47. The topological polar surface area (TPSA) is 99.2 Å². The van der Waals surface area contributed by atoms with Gasteiger partial charge in [-0.15, -0.1) is 0 Å². The normalized spacial score (nSPS) is 10.2. The summed E-state index contributed by atoms with van der Waals surface area (Å²) in [6.07, 6.45) is 2.43. The van der Waals surface area contributed by atoms with Gasteiger partial charge in [-0.05, 0) is 12.3 Å². The van der Waals surface area contributed by atoms with E-state index in [1.54, 1.807) is 7.05 Å². The maximum atomic E-state index is 11.5. The average molecular weight is 306 g/mol. The summed E-state index contributed by atoms with van der Waals surface area (Å²) >= 11 is 0. The summed E-state index contributed by atoms with van der Waals surface area (Å²) in [5, 5.41) is 2.62. The second kappa shape index (κ2) is 8.85. The van der Waals surface area contributed by atoms with Crippen LogP contribution in [0.3, 0.4) is 0 Å². The molecule has 0 saturated heterocycles. The fraction of sp³-hybridized carbons (Fsp3) is 0.533. The average Bonchev–Trinajstić information content (AvgIpc) is 2.44. The number of amides is 1. The SMILES string of the molecule is CC(C)CCOCC(=O)NCC#Cc1cn(C)c(=O)nc1N. The van der Waals surface area contributed by atoms with Crippen LogP contribution < -0.4 is 16.7 Å². The van der Waals surface area contributed by atoms with Gasteiger partial charge in [0.05, 0.1) is 12.1 Å². The maximum absolute atomic E-state index is 11.5. The standard InChI is InChI=1S/C15H22N4O3/c1-11(2)6-8-22-10-13(20)17-7-4-5-12-9-19(3)15(21)18-14(12)16/h9,11H,6-8,10H2,1-3H3,(H,17,20)(H2,16,18,21). The molecule has 1 amide bonds. The van der Waals surface area contributed by atoms with Gasteiger partial charge in [0.2, 0.25) is 5.91 Å². The van der Waals surface area contributed by atoms with Crippen molar-refractivity contribution in [1.82, 2.24) is 14.9 Å². The Bertz CT molecular complexity index is 626. The van der Waals surface area contributed by atoms with Crippen molar-refractivity contribution in [2.75, 3.05) is 25.5 Å². The smallest absolute Gasteiger partial charge is 0.349 e. The molecule has 0 aliphatic carbocycles. The lowest BCUT2D eigenvalue weighted by molar-refractivity contribution is -0.125. The first kappa shape index (κ1) is 17.7. The Morgan fingerprint density at radius 2 is 2.27 bits per heavy atom. The zero-order valence-electron chi connectivity index (χ0n) is 13.2. The molecule has 1 rings (SSSR count). The van der Waals surface area contributed by atoms with Gasteiger partial charge in [0.25, 0.3) is 0 Å². The summed E-state index contributed by atoms with van der Waals surface area (Å²) < 4.78 is 6.53. The highest BCUT2D eigenvalue weighted by Crippen LogP contribution is 2.01. The fourth-order valence-electron chi connectivity index (χ4n) is 1.47. The van der Waals surface area contributed by atoms with Crippen molar-refractivity contribution >= 4 is 11.7 Å². The second-order valence-corrected chi connectivity index (χ2v) is 5.25. The molecule has 0 aromatic carbocycles. The number of aromatic nitrogens is 2. The zero-order valence-corrected chi connectivity index (χ0v) is 13.2. The Morgan fingerprint density at radius 3 is 2.95 bits per heavy atom. The number of nitrogens with zero attached hydrogens (tertiary/aromatic N) is 2. The number of aryl methyl sites for hydroxylation is 1. The van der Waals surface area contributed by atoms with Crippen molar-refractivity contribution in [2.24, 2.45) is 13.0 Å². The van der Waals surface area contributed by atoms with Gasteiger partial charge in [-0.25, -0.2) is 4.79 Å². The zero-order chi connectivity index (χ0) is 16.5. The van der Waals surface area contributed by atoms with Crippen molar-refractivity contribution < 1.29 is 9.53 Å². The Balaban J connectivity index is 2.37. The van der Waals surface area contributed by atoms with E-state index >= 15 is 0 Å². The molecule has 0 fully saturated rings. The molecule has 0 saturated carbocycles. The molecule has 0 aliphatic rings. The van der Waals surface area contributed by atoms with Crippen LogP contribution in [0.2, 0.25) is 0 Å². The van der Waals surface area contributed by atoms with Crippen LogP contribution in [0, 0.1) is 17.8 Å². The van der Waals surface area contributed by atoms with Crippen molar-refractivity contribution in [1.29, 1.82) is 0 Å². The molecule has 7 heteroatoms. The Hall–Kier alpha value is -2.33. The highest BCUT2D eigenvalue weighted by Gasteiger charge is 2.02. The molecule has 1 aromatic heterocycles. The van der Waals surface area contributed by atoms with Gasteiger partial charge in [0, 0.05) is 19.9 Å². The van der Waals surface area contributed by atoms with E-state index in [9.17, 15) is 9.59 Å². The van der Waals surface area contributed by atoms with Crippen LogP contribution in [0.1, 0.15) is 25.8 Å². The van der Waals surface area contributed by atoms with Crippen LogP contribution in [0.5, 0.6) is 0 Å². The molecule has 0 spiro atoms. The number of hydrogen-bond donors (Lipinski definition) is 2. The maximum Gasteiger partial charge on any atom is 0.349 e. The first-order chi connectivity index (χ1) is 10.4. The van der Waals surface area contributed by atoms with Gasteiger partial charge < -0.3 is 20.4 Å². The van der Waals surface area contributed by atoms with Crippen LogP contribution in [-0.4, -0.2) is 35.2 Å². The quantitative estimate of drug-likeness (QED) is 0.564. The molecule has 0 bridgehead atoms. The molecule has 0 unspecified atom stereocenters. The molecule has 22 heavy (non-hydrogen) atoms. The number of ether oxygens (including phenoxy) is 1. The highest BCUT2D eigenvalue weighted by atomic mass is 16.5. The van der Waals surface area contributed by atoms with E-state index in [0.717, 1.165) is 6.42 Å². The minimum atomic E-state index is -0.435. The predicted molar refractivity (Wildman–Crippen MR) is 84.1 cm³/mol. The van der Waals surface area contributed by atoms with E-state index in [-0.39, 0.29) is 24.9 Å². The van der Waals surface area contributed by atoms with E-state index in [1.807, 2.05) is 0 Å². The van der Waals surface area contributed by atoms with Crippen molar-refractivity contribution in [2.45, 2.75) is 20.3 Å². The summed E-state index contributed by atoms with van der Waals surface area (Å²) in [7, 11) is 1.57. The summed E-state index contributed by atoms with van der Waals surface area (Å²) in [5.74, 6) is 5.94. The third-order valence-electron chi connectivity index (χ3n) is 2.79. The van der Waals surface area contributed by atoms with E-state index < -0.39 is 5.69 Å². The van der Waals surface area contributed by atoms with Crippen molar-refractivity contribution in [3.8, 4) is 11.8 Å². The van der Waals surface area contributed by atoms with Gasteiger partial charge in [-0.2, -0.15) is 4.98 Å². The lowest BCUT2D eigenvalue weighted by Crippen LogP contribution is -2.28. The molecular formula is C15H22N4O3. The molecule has 0 atom stereocenters. The number of nitrogen functional groups attached to an aromatic ring is 1. The minimum Gasteiger partial charge on any atom is -0.382 e. The lowest BCUT2D eigenvalue weighted by Gasteiger charge is -2.05. The molecule has 3 N–H and O–H groups in total. The van der Waals surface area contributed by atoms with Crippen LogP contribution in [0.15, 0.2) is 11.0 Å². The third-order valence-corrected chi connectivity index (χ3v) is 2.79. The molecule has 1 aromatic rings. The lowest BCUT2D eigenvalue weighted by atomic mass is 10.1. The van der Waals surface area contributed by atoms with E-state index in [0.29, 0.717) is 18.1 Å². The Kier molecular flexibility index (Phi) is 7.13. The van der Waals surface area contributed by atoms with E-state index in [4.69, 9.17) is 10.5 Å². The van der Waals surface area contributed by atoms with Gasteiger partial charge in [0.1, 0.15) is 12.4 Å². The van der Waals surface area contributed by atoms with Crippen LogP contribution in [0.25, 0.3) is 0 Å². The molecule has 0 aliphatic heterocycles. The monoisotopic (exact) mass is 306 g/mol. The summed E-state index contributed by atoms with van der Waals surface area (Å²) in [6, 6.07) is 0. The second-order valence-electron chi connectivity index (χ2n) is 5.25. The van der Waals surface area contributed by atoms with Crippen molar-refractivity contribution in [3.63, 3.8) is 0 Å². The number of carbonyl (C=O) groups excluding carboxylic acids is 1. The summed E-state index contributed by atoms with van der Waals surface area (Å²) in [4.78, 5) is 26.3. The minimum absolute atomic E-state index is 0.0257. The summed E-state index contributed by atoms with van der Waals surface area (Å²) in [6.45, 7) is 4.96. The Labute approximate surface area is 129 Å². The molecule has 7 nitrogen and oxygen atoms in total. The number of rotatable bonds is 6. The van der Waals surface area contributed by atoms with E-state index in [2.05, 4.69) is 36.0 Å². The highest BCUT2D eigenvalue weighted by molar-refractivity contribution is 5.77. The first-order valence-electron chi connectivity index (χ1n) is 7.06. The third kappa shape index (κ3) is 6.41. The van der Waals surface area contributed by atoms with Gasteiger partial charge in [0.15, 0.2) is 0 Å². The predicted octanol–water partition coefficient (Wildman–Crippen LogP) is -0.107. The first-order valence-corrected chi connectivity index (χ1v) is 7.06. The van der Waals surface area contributed by atoms with Crippen LogP contribution in [0.4, 0.5) is 5.82 Å². The number of carbonyl (C=O) groups is 1. The molecule has 0 radical (unpaired) electrons. The number of anilines is 1. The van der Waals surface area contributed by atoms with Gasteiger partial charge in [-0.1, -0.05) is 25.7 Å². The number of hydrogen-bond acceptors (Lipinski definition) is 5. The Morgan fingerprint density at radius 1 is 1.55 bits per heavy atom. The number of nitrogens with two attached hydrogens (primary N) is 1. The van der Waals surface area contributed by atoms with Gasteiger partial charge in [-0.3, -0.25) is 4.79 Å². The molecule has 1 heterocycles.